The molecule has 1 N–H and O–H groups in total. The van der Waals surface area contributed by atoms with Gasteiger partial charge in [-0.25, -0.2) is 9.18 Å². The van der Waals surface area contributed by atoms with Crippen LogP contribution in [-0.2, 0) is 4.74 Å². The molecule has 4 heteroatoms. The van der Waals surface area contributed by atoms with Crippen molar-refractivity contribution in [3.8, 4) is 12.3 Å². The summed E-state index contributed by atoms with van der Waals surface area (Å²) in [6.07, 6.45) is 5.21. The first-order valence-electron chi connectivity index (χ1n) is 4.53. The molecule has 1 heterocycles. The number of carbonyl (C=O) groups excluding carboxylic acids is 1. The minimum absolute atomic E-state index is 0.143. The van der Waals surface area contributed by atoms with E-state index in [4.69, 9.17) is 6.42 Å². The third-order valence-electron chi connectivity index (χ3n) is 2.30. The summed E-state index contributed by atoms with van der Waals surface area (Å²) in [6, 6.07) is 4.27. The SMILES string of the molecule is C#Cc1c(F)ccc2[nH]c(C(=O)OC)cc12. The largest absolute Gasteiger partial charge is 0.464 e. The van der Waals surface area contributed by atoms with Crippen molar-refractivity contribution in [1.29, 1.82) is 0 Å². The number of benzene rings is 1. The van der Waals surface area contributed by atoms with E-state index in [9.17, 15) is 9.18 Å². The summed E-state index contributed by atoms with van der Waals surface area (Å²) in [7, 11) is 1.27. The second-order valence-corrected chi connectivity index (χ2v) is 3.20. The Hall–Kier alpha value is -2.28. The molecule has 2 aromatic rings. The van der Waals surface area contributed by atoms with Gasteiger partial charge in [0.15, 0.2) is 0 Å². The fraction of sp³-hybridized carbons (Fsp3) is 0.0833. The lowest BCUT2D eigenvalue weighted by atomic mass is 10.1. The van der Waals surface area contributed by atoms with Crippen LogP contribution in [0.5, 0.6) is 0 Å². The number of methoxy groups -OCH3 is 1. The fourth-order valence-corrected chi connectivity index (χ4v) is 1.54. The zero-order valence-corrected chi connectivity index (χ0v) is 8.50. The number of terminal acetylenes is 1. The lowest BCUT2D eigenvalue weighted by Gasteiger charge is -1.95. The van der Waals surface area contributed by atoms with E-state index in [1.807, 2.05) is 0 Å². The molecule has 16 heavy (non-hydrogen) atoms. The van der Waals surface area contributed by atoms with Crippen LogP contribution in [0, 0.1) is 18.2 Å². The Morgan fingerprint density at radius 1 is 1.56 bits per heavy atom. The molecule has 0 unspecified atom stereocenters. The molecule has 2 rings (SSSR count). The summed E-state index contributed by atoms with van der Waals surface area (Å²) >= 11 is 0. The van der Waals surface area contributed by atoms with Crippen molar-refractivity contribution in [2.75, 3.05) is 7.11 Å². The minimum atomic E-state index is -0.514. The average Bonchev–Trinajstić information content (AvgIpc) is 2.71. The van der Waals surface area contributed by atoms with Gasteiger partial charge in [0.05, 0.1) is 12.7 Å². The number of aromatic amines is 1. The number of H-pyrrole nitrogens is 1. The number of esters is 1. The quantitative estimate of drug-likeness (QED) is 0.587. The Kier molecular flexibility index (Phi) is 2.37. The summed E-state index contributed by atoms with van der Waals surface area (Å²) in [6.45, 7) is 0. The number of fused-ring (bicyclic) bond motifs is 1. The van der Waals surface area contributed by atoms with Crippen LogP contribution in [0.25, 0.3) is 10.9 Å². The van der Waals surface area contributed by atoms with Crippen molar-refractivity contribution >= 4 is 16.9 Å². The fourth-order valence-electron chi connectivity index (χ4n) is 1.54. The van der Waals surface area contributed by atoms with E-state index in [1.165, 1.54) is 25.3 Å². The Morgan fingerprint density at radius 2 is 2.31 bits per heavy atom. The van der Waals surface area contributed by atoms with Gasteiger partial charge in [-0.15, -0.1) is 6.42 Å². The van der Waals surface area contributed by atoms with Crippen LogP contribution in [0.3, 0.4) is 0 Å². The molecule has 0 radical (unpaired) electrons. The predicted molar refractivity (Wildman–Crippen MR) is 57.5 cm³/mol. The second-order valence-electron chi connectivity index (χ2n) is 3.20. The van der Waals surface area contributed by atoms with Crippen molar-refractivity contribution < 1.29 is 13.9 Å². The van der Waals surface area contributed by atoms with Gasteiger partial charge in [-0.3, -0.25) is 0 Å². The summed E-state index contributed by atoms with van der Waals surface area (Å²) in [5.41, 5.74) is 0.998. The first-order chi connectivity index (χ1) is 7.67. The molecule has 1 aromatic carbocycles. The van der Waals surface area contributed by atoms with Crippen molar-refractivity contribution in [3.63, 3.8) is 0 Å². The highest BCUT2D eigenvalue weighted by molar-refractivity contribution is 5.96. The smallest absolute Gasteiger partial charge is 0.354 e. The van der Waals surface area contributed by atoms with E-state index < -0.39 is 11.8 Å². The van der Waals surface area contributed by atoms with E-state index in [0.717, 1.165) is 0 Å². The summed E-state index contributed by atoms with van der Waals surface area (Å²) in [5, 5.41) is 0.503. The first kappa shape index (κ1) is 10.2. The normalized spacial score (nSPS) is 10.1. The molecule has 0 spiro atoms. The number of carbonyl (C=O) groups is 1. The van der Waals surface area contributed by atoms with Crippen LogP contribution in [0.2, 0.25) is 0 Å². The third-order valence-corrected chi connectivity index (χ3v) is 2.30. The summed E-state index contributed by atoms with van der Waals surface area (Å²) in [4.78, 5) is 14.1. The number of rotatable bonds is 1. The van der Waals surface area contributed by atoms with Gasteiger partial charge in [0.1, 0.15) is 11.5 Å². The van der Waals surface area contributed by atoms with Gasteiger partial charge in [0.2, 0.25) is 0 Å². The topological polar surface area (TPSA) is 42.1 Å². The number of aromatic nitrogens is 1. The van der Waals surface area contributed by atoms with Gasteiger partial charge in [-0.2, -0.15) is 0 Å². The number of nitrogens with one attached hydrogen (secondary N) is 1. The maximum absolute atomic E-state index is 13.3. The zero-order chi connectivity index (χ0) is 11.7. The van der Waals surface area contributed by atoms with E-state index >= 15 is 0 Å². The van der Waals surface area contributed by atoms with Crippen molar-refractivity contribution in [1.82, 2.24) is 4.98 Å². The average molecular weight is 217 g/mol. The predicted octanol–water partition coefficient (Wildman–Crippen LogP) is 2.07. The molecule has 0 saturated carbocycles. The van der Waals surface area contributed by atoms with Gasteiger partial charge >= 0.3 is 5.97 Å². The molecular weight excluding hydrogens is 209 g/mol. The minimum Gasteiger partial charge on any atom is -0.464 e. The van der Waals surface area contributed by atoms with Crippen molar-refractivity contribution in [2.45, 2.75) is 0 Å². The number of hydrogen-bond acceptors (Lipinski definition) is 2. The highest BCUT2D eigenvalue weighted by atomic mass is 19.1. The highest BCUT2D eigenvalue weighted by Crippen LogP contribution is 2.22. The molecule has 0 amide bonds. The molecular formula is C12H8FNO2. The summed E-state index contributed by atoms with van der Waals surface area (Å²) in [5.74, 6) is 1.27. The van der Waals surface area contributed by atoms with E-state index in [2.05, 4.69) is 15.6 Å². The number of halogens is 1. The molecule has 1 aromatic heterocycles. The van der Waals surface area contributed by atoms with E-state index in [0.29, 0.717) is 10.9 Å². The van der Waals surface area contributed by atoms with E-state index in [-0.39, 0.29) is 11.3 Å². The van der Waals surface area contributed by atoms with Gasteiger partial charge < -0.3 is 9.72 Å². The van der Waals surface area contributed by atoms with Gasteiger partial charge in [-0.1, -0.05) is 5.92 Å². The van der Waals surface area contributed by atoms with Crippen LogP contribution in [0.4, 0.5) is 4.39 Å². The van der Waals surface area contributed by atoms with Crippen molar-refractivity contribution in [3.05, 3.63) is 35.3 Å². The molecule has 0 aliphatic heterocycles. The zero-order valence-electron chi connectivity index (χ0n) is 8.50. The summed E-state index contributed by atoms with van der Waals surface area (Å²) < 4.78 is 17.9. The Bertz CT molecular complexity index is 607. The Morgan fingerprint density at radius 3 is 2.94 bits per heavy atom. The van der Waals surface area contributed by atoms with Crippen molar-refractivity contribution in [2.24, 2.45) is 0 Å². The van der Waals surface area contributed by atoms with Crippen LogP contribution in [0.1, 0.15) is 16.1 Å². The highest BCUT2D eigenvalue weighted by Gasteiger charge is 2.13. The van der Waals surface area contributed by atoms with Crippen LogP contribution in [0.15, 0.2) is 18.2 Å². The molecule has 0 saturated heterocycles. The monoisotopic (exact) mass is 217 g/mol. The van der Waals surface area contributed by atoms with Gasteiger partial charge in [0.25, 0.3) is 0 Å². The lowest BCUT2D eigenvalue weighted by molar-refractivity contribution is 0.0595. The molecule has 0 aliphatic rings. The Balaban J connectivity index is 2.72. The molecule has 0 fully saturated rings. The van der Waals surface area contributed by atoms with E-state index in [1.54, 1.807) is 0 Å². The Labute approximate surface area is 91.2 Å². The van der Waals surface area contributed by atoms with Gasteiger partial charge in [-0.05, 0) is 18.2 Å². The second kappa shape index (κ2) is 3.70. The number of hydrogen-bond donors (Lipinski definition) is 1. The van der Waals surface area contributed by atoms with Gasteiger partial charge in [0, 0.05) is 10.9 Å². The molecule has 0 atom stereocenters. The lowest BCUT2D eigenvalue weighted by Crippen LogP contribution is -2.00. The molecule has 80 valence electrons. The molecule has 0 bridgehead atoms. The molecule has 3 nitrogen and oxygen atoms in total. The first-order valence-corrected chi connectivity index (χ1v) is 4.53. The van der Waals surface area contributed by atoms with Crippen LogP contribution < -0.4 is 0 Å². The molecule has 0 aliphatic carbocycles. The number of ether oxygens (including phenoxy) is 1. The third kappa shape index (κ3) is 1.43. The van der Waals surface area contributed by atoms with Crippen LogP contribution in [-0.4, -0.2) is 18.1 Å². The van der Waals surface area contributed by atoms with Crippen LogP contribution >= 0.6 is 0 Å². The standard InChI is InChI=1S/C12H8FNO2/c1-3-7-8-6-11(12(15)16-2)14-10(8)5-4-9(7)13/h1,4-6,14H,2H3. The maximum Gasteiger partial charge on any atom is 0.354 e. The maximum atomic E-state index is 13.3.